The van der Waals surface area contributed by atoms with Gasteiger partial charge < -0.3 is 15.0 Å². The molecule has 0 bridgehead atoms. The topological polar surface area (TPSA) is 57.2 Å². The summed E-state index contributed by atoms with van der Waals surface area (Å²) in [5.74, 6) is -0.448. The number of ether oxygens (including phenoxy) is 1. The molecule has 0 saturated heterocycles. The molecule has 2 aromatic rings. The molecule has 0 aliphatic rings. The summed E-state index contributed by atoms with van der Waals surface area (Å²) in [7, 11) is 0. The molecule has 2 N–H and O–H groups in total. The third-order valence-corrected chi connectivity index (χ3v) is 3.88. The molecule has 1 aromatic carbocycles. The molecule has 0 spiro atoms. The molecular formula is C15H16Cl2N2O2. The average Bonchev–Trinajstić information content (AvgIpc) is 2.82. The number of esters is 1. The van der Waals surface area contributed by atoms with Gasteiger partial charge in [-0.05, 0) is 26.0 Å². The first-order valence-corrected chi connectivity index (χ1v) is 7.23. The van der Waals surface area contributed by atoms with Crippen molar-refractivity contribution in [3.63, 3.8) is 0 Å². The van der Waals surface area contributed by atoms with Gasteiger partial charge in [0, 0.05) is 17.8 Å². The first-order valence-electron chi connectivity index (χ1n) is 6.47. The number of nitrogens with two attached hydrogens (primary N) is 1. The number of halogens is 2. The second-order valence-corrected chi connectivity index (χ2v) is 5.73. The minimum Gasteiger partial charge on any atom is -0.456 e. The lowest BCUT2D eigenvalue weighted by molar-refractivity contribution is 0.0458. The lowest BCUT2D eigenvalue weighted by Gasteiger charge is -2.12. The predicted octanol–water partition coefficient (Wildman–Crippen LogP) is 4.32. The third-order valence-electron chi connectivity index (χ3n) is 3.03. The van der Waals surface area contributed by atoms with Crippen LogP contribution >= 0.6 is 23.2 Å². The molecule has 4 nitrogen and oxygen atoms in total. The molecule has 1 heterocycles. The van der Waals surface area contributed by atoms with E-state index in [9.17, 15) is 4.79 Å². The summed E-state index contributed by atoms with van der Waals surface area (Å²) in [5, 5.41) is 0.825. The number of benzene rings is 1. The largest absolute Gasteiger partial charge is 0.456 e. The number of aromatic nitrogens is 1. The Hall–Kier alpha value is -1.65. The van der Waals surface area contributed by atoms with Crippen LogP contribution in [0.1, 0.15) is 35.9 Å². The fourth-order valence-corrected chi connectivity index (χ4v) is 2.34. The van der Waals surface area contributed by atoms with Crippen LogP contribution in [0.5, 0.6) is 0 Å². The molecule has 0 atom stereocenters. The van der Waals surface area contributed by atoms with E-state index >= 15 is 0 Å². The highest BCUT2D eigenvalue weighted by Gasteiger charge is 2.17. The fourth-order valence-electron chi connectivity index (χ4n) is 1.97. The lowest BCUT2D eigenvalue weighted by Crippen LogP contribution is -2.13. The van der Waals surface area contributed by atoms with E-state index in [0.29, 0.717) is 27.0 Å². The zero-order valence-corrected chi connectivity index (χ0v) is 13.3. The number of carbonyl (C=O) groups is 1. The number of hydrogen-bond donors (Lipinski definition) is 1. The van der Waals surface area contributed by atoms with Crippen LogP contribution in [0.2, 0.25) is 10.0 Å². The van der Waals surface area contributed by atoms with Gasteiger partial charge in [-0.15, -0.1) is 0 Å². The van der Waals surface area contributed by atoms with E-state index in [0.717, 1.165) is 0 Å². The van der Waals surface area contributed by atoms with E-state index in [2.05, 4.69) is 0 Å². The van der Waals surface area contributed by atoms with Gasteiger partial charge in [0.15, 0.2) is 0 Å². The van der Waals surface area contributed by atoms with Gasteiger partial charge in [0.05, 0.1) is 15.7 Å². The zero-order chi connectivity index (χ0) is 15.6. The Morgan fingerprint density at radius 1 is 1.38 bits per heavy atom. The molecule has 0 fully saturated rings. The van der Waals surface area contributed by atoms with Gasteiger partial charge in [0.25, 0.3) is 0 Å². The van der Waals surface area contributed by atoms with Gasteiger partial charge in [-0.3, -0.25) is 0 Å². The summed E-state index contributed by atoms with van der Waals surface area (Å²) in [6.07, 6.45) is 1.72. The normalized spacial score (nSPS) is 10.9. The van der Waals surface area contributed by atoms with Crippen LogP contribution < -0.4 is 5.73 Å². The Kier molecular flexibility index (Phi) is 4.80. The summed E-state index contributed by atoms with van der Waals surface area (Å²) < 4.78 is 7.07. The van der Waals surface area contributed by atoms with E-state index in [1.54, 1.807) is 35.0 Å². The van der Waals surface area contributed by atoms with Gasteiger partial charge in [-0.25, -0.2) is 4.79 Å². The van der Waals surface area contributed by atoms with Crippen molar-refractivity contribution in [1.29, 1.82) is 0 Å². The maximum Gasteiger partial charge on any atom is 0.355 e. The first kappa shape index (κ1) is 15.7. The molecule has 2 rings (SSSR count). The fraction of sp³-hybridized carbons (Fsp3) is 0.267. The highest BCUT2D eigenvalue weighted by atomic mass is 35.5. The molecule has 0 saturated carbocycles. The molecule has 21 heavy (non-hydrogen) atoms. The summed E-state index contributed by atoms with van der Waals surface area (Å²) in [6.45, 7) is 3.98. The summed E-state index contributed by atoms with van der Waals surface area (Å²) in [6, 6.07) is 6.91. The van der Waals surface area contributed by atoms with E-state index < -0.39 is 5.97 Å². The van der Waals surface area contributed by atoms with Crippen molar-refractivity contribution in [2.24, 2.45) is 0 Å². The minimum atomic E-state index is -0.448. The quantitative estimate of drug-likeness (QED) is 0.851. The highest BCUT2D eigenvalue weighted by molar-refractivity contribution is 6.42. The average molecular weight is 327 g/mol. The minimum absolute atomic E-state index is 0.0570. The van der Waals surface area contributed by atoms with Crippen LogP contribution in [-0.2, 0) is 11.3 Å². The van der Waals surface area contributed by atoms with Crippen LogP contribution in [0.15, 0.2) is 30.5 Å². The Balaban J connectivity index is 2.14. The predicted molar refractivity (Wildman–Crippen MR) is 84.8 cm³/mol. The zero-order valence-electron chi connectivity index (χ0n) is 11.8. The van der Waals surface area contributed by atoms with Gasteiger partial charge in [0.1, 0.15) is 12.3 Å². The smallest absolute Gasteiger partial charge is 0.355 e. The number of rotatable bonds is 4. The highest BCUT2D eigenvalue weighted by Crippen LogP contribution is 2.26. The maximum absolute atomic E-state index is 12.2. The van der Waals surface area contributed by atoms with Crippen molar-refractivity contribution in [3.8, 4) is 0 Å². The molecule has 1 aromatic heterocycles. The van der Waals surface area contributed by atoms with E-state index in [4.69, 9.17) is 33.7 Å². The Bertz CT molecular complexity index is 666. The molecule has 0 amide bonds. The summed E-state index contributed by atoms with van der Waals surface area (Å²) >= 11 is 12.0. The first-order chi connectivity index (χ1) is 9.90. The van der Waals surface area contributed by atoms with E-state index in [-0.39, 0.29) is 12.6 Å². The monoisotopic (exact) mass is 326 g/mol. The lowest BCUT2D eigenvalue weighted by atomic mass is 10.2. The van der Waals surface area contributed by atoms with E-state index in [1.807, 2.05) is 13.8 Å². The van der Waals surface area contributed by atoms with Crippen LogP contribution in [0.25, 0.3) is 0 Å². The molecule has 6 heteroatoms. The van der Waals surface area contributed by atoms with Crippen molar-refractivity contribution >= 4 is 34.9 Å². The summed E-state index contributed by atoms with van der Waals surface area (Å²) in [4.78, 5) is 12.2. The van der Waals surface area contributed by atoms with Gasteiger partial charge in [-0.1, -0.05) is 35.3 Å². The number of hydrogen-bond acceptors (Lipinski definition) is 3. The second-order valence-electron chi connectivity index (χ2n) is 4.95. The van der Waals surface area contributed by atoms with Crippen molar-refractivity contribution < 1.29 is 9.53 Å². The Labute approximate surface area is 133 Å². The molecular weight excluding hydrogens is 311 g/mol. The van der Waals surface area contributed by atoms with Gasteiger partial charge >= 0.3 is 5.97 Å². The molecule has 0 unspecified atom stereocenters. The SMILES string of the molecule is CC(C)n1cc(N)cc1C(=O)OCc1cccc(Cl)c1Cl. The van der Waals surface area contributed by atoms with Gasteiger partial charge in [0.2, 0.25) is 0 Å². The van der Waals surface area contributed by atoms with Crippen LogP contribution in [0, 0.1) is 0 Å². The number of carbonyl (C=O) groups excluding carboxylic acids is 1. The molecule has 0 aliphatic heterocycles. The van der Waals surface area contributed by atoms with Crippen molar-refractivity contribution in [1.82, 2.24) is 4.57 Å². The van der Waals surface area contributed by atoms with Crippen molar-refractivity contribution in [3.05, 3.63) is 51.8 Å². The summed E-state index contributed by atoms with van der Waals surface area (Å²) in [5.41, 5.74) is 7.34. The number of nitrogens with zero attached hydrogens (tertiary/aromatic N) is 1. The maximum atomic E-state index is 12.2. The molecule has 0 aliphatic carbocycles. The standard InChI is InChI=1S/C15H16Cl2N2O2/c1-9(2)19-7-11(18)6-13(19)15(20)21-8-10-4-3-5-12(16)14(10)17/h3-7,9H,8,18H2,1-2H3. The third kappa shape index (κ3) is 3.52. The number of nitrogen functional groups attached to an aromatic ring is 1. The Morgan fingerprint density at radius 3 is 2.76 bits per heavy atom. The molecule has 0 radical (unpaired) electrons. The van der Waals surface area contributed by atoms with Crippen molar-refractivity contribution in [2.75, 3.05) is 5.73 Å². The molecule has 112 valence electrons. The second kappa shape index (κ2) is 6.41. The van der Waals surface area contributed by atoms with Crippen LogP contribution in [-0.4, -0.2) is 10.5 Å². The van der Waals surface area contributed by atoms with Crippen molar-refractivity contribution in [2.45, 2.75) is 26.5 Å². The number of anilines is 1. The Morgan fingerprint density at radius 2 is 2.10 bits per heavy atom. The van der Waals surface area contributed by atoms with Crippen LogP contribution in [0.4, 0.5) is 5.69 Å². The van der Waals surface area contributed by atoms with Crippen LogP contribution in [0.3, 0.4) is 0 Å². The van der Waals surface area contributed by atoms with Gasteiger partial charge in [-0.2, -0.15) is 0 Å². The van der Waals surface area contributed by atoms with E-state index in [1.165, 1.54) is 0 Å².